The molecule has 3 heteroatoms. The Kier molecular flexibility index (Phi) is 14.3. The van der Waals surface area contributed by atoms with Gasteiger partial charge in [-0.1, -0.05) is 224 Å². The first-order chi connectivity index (χ1) is 39.1. The minimum absolute atomic E-state index is 0.0416. The van der Waals surface area contributed by atoms with Crippen LogP contribution in [0.2, 0.25) is 0 Å². The summed E-state index contributed by atoms with van der Waals surface area (Å²) in [5, 5.41) is 2.45. The molecule has 11 aromatic rings. The third-order valence-corrected chi connectivity index (χ3v) is 17.0. The molecule has 1 aromatic heterocycles. The van der Waals surface area contributed by atoms with Crippen LogP contribution in [0.1, 0.15) is 93.2 Å². The predicted molar refractivity (Wildman–Crippen MR) is 341 cm³/mol. The van der Waals surface area contributed by atoms with Gasteiger partial charge in [0.05, 0.1) is 17.6 Å². The summed E-state index contributed by atoms with van der Waals surface area (Å²) in [7, 11) is 0. The molecule has 394 valence electrons. The molecule has 80 heavy (non-hydrogen) atoms. The summed E-state index contributed by atoms with van der Waals surface area (Å²) in [6.45, 7) is 17.8. The fourth-order valence-corrected chi connectivity index (χ4v) is 12.5. The van der Waals surface area contributed by atoms with E-state index in [1.807, 2.05) is 12.2 Å². The number of anilines is 3. The maximum Gasteiger partial charge on any atom is 0.119 e. The van der Waals surface area contributed by atoms with Gasteiger partial charge in [-0.15, -0.1) is 0 Å². The van der Waals surface area contributed by atoms with Gasteiger partial charge in [0.15, 0.2) is 0 Å². The van der Waals surface area contributed by atoms with Crippen LogP contribution in [-0.4, -0.2) is 11.2 Å². The summed E-state index contributed by atoms with van der Waals surface area (Å²) in [5.41, 5.74) is 21.6. The first kappa shape index (κ1) is 51.8. The highest BCUT2D eigenvalue weighted by atomic mass is 16.5. The van der Waals surface area contributed by atoms with E-state index in [4.69, 9.17) is 4.74 Å². The number of para-hydroxylation sites is 2. The van der Waals surface area contributed by atoms with Gasteiger partial charge in [-0.3, -0.25) is 0 Å². The molecule has 0 fully saturated rings. The van der Waals surface area contributed by atoms with E-state index in [1.54, 1.807) is 0 Å². The lowest BCUT2D eigenvalue weighted by Crippen LogP contribution is -2.28. The number of nitrogens with zero attached hydrogens (tertiary/aromatic N) is 2. The van der Waals surface area contributed by atoms with Gasteiger partial charge in [0, 0.05) is 38.9 Å². The molecule has 12 rings (SSSR count). The summed E-state index contributed by atoms with van der Waals surface area (Å²) in [4.78, 5) is 2.44. The van der Waals surface area contributed by atoms with Gasteiger partial charge < -0.3 is 14.2 Å². The van der Waals surface area contributed by atoms with Crippen LogP contribution in [0.3, 0.4) is 0 Å². The number of fused-ring (bicyclic) bond motifs is 6. The topological polar surface area (TPSA) is 17.4 Å². The Morgan fingerprint density at radius 2 is 1.05 bits per heavy atom. The lowest BCUT2D eigenvalue weighted by molar-refractivity contribution is 0.232. The first-order valence-corrected chi connectivity index (χ1v) is 28.7. The Morgan fingerprint density at radius 1 is 0.512 bits per heavy atom. The van der Waals surface area contributed by atoms with Crippen molar-refractivity contribution in [3.63, 3.8) is 0 Å². The lowest BCUT2D eigenvalue weighted by atomic mass is 9.68. The van der Waals surface area contributed by atoms with Crippen molar-refractivity contribution >= 4 is 51.0 Å². The predicted octanol–water partition coefficient (Wildman–Crippen LogP) is 21.2. The van der Waals surface area contributed by atoms with Gasteiger partial charge in [-0.25, -0.2) is 0 Å². The number of rotatable bonds is 18. The summed E-state index contributed by atoms with van der Waals surface area (Å²) < 4.78 is 8.77. The van der Waals surface area contributed by atoms with Crippen LogP contribution in [0.4, 0.5) is 17.1 Å². The van der Waals surface area contributed by atoms with Crippen LogP contribution in [0.5, 0.6) is 5.75 Å². The fraction of sp³-hybridized carbons (Fsp3) is 0.169. The summed E-state index contributed by atoms with van der Waals surface area (Å²) in [6.07, 6.45) is 9.16. The first-order valence-electron chi connectivity index (χ1n) is 28.7. The van der Waals surface area contributed by atoms with E-state index >= 15 is 0 Å². The van der Waals surface area contributed by atoms with Crippen LogP contribution in [-0.2, 0) is 10.8 Å². The van der Waals surface area contributed by atoms with Crippen molar-refractivity contribution in [2.45, 2.75) is 70.6 Å². The fourth-order valence-electron chi connectivity index (χ4n) is 12.5. The third-order valence-electron chi connectivity index (χ3n) is 17.0. The van der Waals surface area contributed by atoms with E-state index in [0.717, 1.165) is 78.3 Å². The molecule has 3 nitrogen and oxygen atoms in total. The third kappa shape index (κ3) is 9.87. The average molecular weight is 1040 g/mol. The molecular formula is C77H70N2O. The Balaban J connectivity index is 0.911. The molecule has 1 heterocycles. The smallest absolute Gasteiger partial charge is 0.119 e. The van der Waals surface area contributed by atoms with Crippen LogP contribution in [0.25, 0.3) is 73.0 Å². The molecule has 0 N–H and O–H groups in total. The van der Waals surface area contributed by atoms with E-state index in [0.29, 0.717) is 5.92 Å². The maximum absolute atomic E-state index is 6.37. The second kappa shape index (κ2) is 22.1. The summed E-state index contributed by atoms with van der Waals surface area (Å²) in [5.74, 6) is 1.39. The molecule has 0 saturated carbocycles. The highest BCUT2D eigenvalue weighted by Gasteiger charge is 2.44. The number of aromatic nitrogens is 1. The zero-order valence-corrected chi connectivity index (χ0v) is 46.7. The molecule has 0 amide bonds. The lowest BCUT2D eigenvalue weighted by Gasteiger charge is -2.35. The van der Waals surface area contributed by atoms with Crippen LogP contribution >= 0.6 is 0 Å². The minimum Gasteiger partial charge on any atom is -0.493 e. The second-order valence-corrected chi connectivity index (χ2v) is 22.8. The van der Waals surface area contributed by atoms with E-state index in [-0.39, 0.29) is 10.8 Å². The van der Waals surface area contributed by atoms with E-state index in [9.17, 15) is 0 Å². The Labute approximate surface area is 473 Å². The van der Waals surface area contributed by atoms with Crippen molar-refractivity contribution in [3.05, 3.63) is 283 Å². The van der Waals surface area contributed by atoms with E-state index in [1.165, 1.54) is 77.4 Å². The van der Waals surface area contributed by atoms with Crippen LogP contribution < -0.4 is 9.64 Å². The molecule has 0 aliphatic heterocycles. The second-order valence-electron chi connectivity index (χ2n) is 22.8. The maximum atomic E-state index is 6.37. The highest BCUT2D eigenvalue weighted by Crippen LogP contribution is 2.57. The number of ether oxygens (including phenoxy) is 1. The van der Waals surface area contributed by atoms with Crippen molar-refractivity contribution in [3.8, 4) is 44.8 Å². The van der Waals surface area contributed by atoms with E-state index in [2.05, 4.69) is 287 Å². The Bertz CT molecular complexity index is 3980. The van der Waals surface area contributed by atoms with Crippen LogP contribution in [0, 0.1) is 5.92 Å². The standard InChI is InChI=1S/C77H70N2O/c1-7-54-27-31-57(32-28-54)59-35-47-74-70(50-59)71-51-60(36-48-75(71)79(74)64-23-14-11-15-24-64)58-33-41-65(42-34-58)78(63-21-12-10-13-22-63)66-43-46-69-68-25-16-17-26-72(68)77(73(69)52-66,62-39-37-61(38-40-62)76(4,5)6)49-19-18-20-56(9-3)53-80-67-44-29-55(8-2)30-45-67/h7-8,10-17,21-48,50-52,56H,1-2,9,18-20,49,53H2,3-6H3. The van der Waals surface area contributed by atoms with Gasteiger partial charge in [0.2, 0.25) is 0 Å². The molecule has 2 unspecified atom stereocenters. The van der Waals surface area contributed by atoms with Crippen molar-refractivity contribution in [1.82, 2.24) is 4.57 Å². The zero-order chi connectivity index (χ0) is 54.8. The van der Waals surface area contributed by atoms with Crippen molar-refractivity contribution in [2.24, 2.45) is 5.92 Å². The molecular weight excluding hydrogens is 969 g/mol. The van der Waals surface area contributed by atoms with Gasteiger partial charge >= 0.3 is 0 Å². The SMILES string of the molecule is C=Cc1ccc(OCC(CC)CCCCC2(c3ccc(C(C)(C)C)cc3)c3ccccc3-c3ccc(N(c4ccccc4)c4ccc(-c5ccc6c(c5)c5cc(-c7ccc(C=C)cc7)ccc5n6-c5ccccc5)cc4)cc32)cc1. The normalized spacial score (nSPS) is 14.2. The zero-order valence-electron chi connectivity index (χ0n) is 46.7. The quantitative estimate of drug-likeness (QED) is 0.0797. The number of unbranched alkanes of at least 4 members (excludes halogenated alkanes) is 1. The van der Waals surface area contributed by atoms with E-state index < -0.39 is 0 Å². The molecule has 10 aromatic carbocycles. The minimum atomic E-state index is -0.352. The molecule has 0 spiro atoms. The largest absolute Gasteiger partial charge is 0.493 e. The summed E-state index contributed by atoms with van der Waals surface area (Å²) >= 11 is 0. The molecule has 1 aliphatic rings. The van der Waals surface area contributed by atoms with Crippen molar-refractivity contribution < 1.29 is 4.74 Å². The van der Waals surface area contributed by atoms with Crippen molar-refractivity contribution in [1.29, 1.82) is 0 Å². The number of hydrogen-bond acceptors (Lipinski definition) is 2. The summed E-state index contributed by atoms with van der Waals surface area (Å²) in [6, 6.07) is 87.7. The van der Waals surface area contributed by atoms with Gasteiger partial charge in [-0.2, -0.15) is 0 Å². The Hall–Kier alpha value is -8.92. The van der Waals surface area contributed by atoms with Gasteiger partial charge in [-0.05, 0) is 176 Å². The molecule has 0 bridgehead atoms. The van der Waals surface area contributed by atoms with Crippen LogP contribution in [0.15, 0.2) is 250 Å². The monoisotopic (exact) mass is 1040 g/mol. The van der Waals surface area contributed by atoms with Crippen molar-refractivity contribution in [2.75, 3.05) is 11.5 Å². The molecule has 1 aliphatic carbocycles. The van der Waals surface area contributed by atoms with Gasteiger partial charge in [0.1, 0.15) is 5.75 Å². The molecule has 0 saturated heterocycles. The highest BCUT2D eigenvalue weighted by molar-refractivity contribution is 6.11. The van der Waals surface area contributed by atoms with Gasteiger partial charge in [0.25, 0.3) is 0 Å². The Morgan fingerprint density at radius 3 is 1.66 bits per heavy atom. The number of benzene rings is 10. The average Bonchev–Trinajstić information content (AvgIpc) is 4.21. The molecule has 0 radical (unpaired) electrons. The number of hydrogen-bond donors (Lipinski definition) is 0. The molecule has 2 atom stereocenters.